The molecule has 3 rings (SSSR count). The lowest BCUT2D eigenvalue weighted by Gasteiger charge is -2.14. The molecule has 0 atom stereocenters. The molecule has 3 aromatic rings. The first kappa shape index (κ1) is 20.5. The van der Waals surface area contributed by atoms with E-state index in [1.807, 2.05) is 62.4 Å². The van der Waals surface area contributed by atoms with Gasteiger partial charge in [-0.15, -0.1) is 0 Å². The number of rotatable bonds is 7. The number of anilines is 1. The van der Waals surface area contributed by atoms with Crippen molar-refractivity contribution >= 4 is 28.5 Å². The van der Waals surface area contributed by atoms with Crippen molar-refractivity contribution in [3.63, 3.8) is 0 Å². The van der Waals surface area contributed by atoms with Gasteiger partial charge in [0.2, 0.25) is 0 Å². The Bertz CT molecular complexity index is 1050. The number of nitrogens with one attached hydrogen (secondary N) is 1. The Hall–Kier alpha value is -3.25. The molecule has 0 radical (unpaired) electrons. The van der Waals surface area contributed by atoms with Gasteiger partial charge in [-0.05, 0) is 36.6 Å². The fourth-order valence-corrected chi connectivity index (χ4v) is 3.29. The molecule has 1 N–H and O–H groups in total. The molecule has 0 aliphatic carbocycles. The van der Waals surface area contributed by atoms with Crippen molar-refractivity contribution in [2.45, 2.75) is 26.9 Å². The molecule has 1 amide bonds. The first-order chi connectivity index (χ1) is 14.0. The predicted molar refractivity (Wildman–Crippen MR) is 112 cm³/mol. The highest BCUT2D eigenvalue weighted by molar-refractivity contribution is 6.00. The molecule has 6 nitrogen and oxygen atoms in total. The molecular formula is C23H24N2O4. The Morgan fingerprint density at radius 2 is 1.79 bits per heavy atom. The van der Waals surface area contributed by atoms with E-state index in [1.165, 1.54) is 0 Å². The number of hydrogen-bond acceptors (Lipinski definition) is 5. The molecule has 1 aromatic heterocycles. The molecule has 0 saturated heterocycles. The number of benzene rings is 2. The molecule has 0 saturated carbocycles. The lowest BCUT2D eigenvalue weighted by Crippen LogP contribution is -2.23. The number of aromatic nitrogens is 1. The van der Waals surface area contributed by atoms with Gasteiger partial charge in [0.1, 0.15) is 0 Å². The summed E-state index contributed by atoms with van der Waals surface area (Å²) in [5, 5.41) is 3.66. The minimum atomic E-state index is -0.591. The SMILES string of the molecule is CCc1ccccc1NC(=O)COC(=O)c1c(COC)nc2ccccc2c1C. The fourth-order valence-electron chi connectivity index (χ4n) is 3.29. The molecule has 0 bridgehead atoms. The standard InChI is InChI=1S/C23H24N2O4/c1-4-16-9-5-7-11-18(16)25-21(26)14-29-23(27)22-15(2)17-10-6-8-12-19(17)24-20(22)13-28-3/h5-12H,4,13-14H2,1-3H3,(H,25,26). The van der Waals surface area contributed by atoms with Crippen LogP contribution in [0.15, 0.2) is 48.5 Å². The molecule has 2 aromatic carbocycles. The summed E-state index contributed by atoms with van der Waals surface area (Å²) in [7, 11) is 1.54. The van der Waals surface area contributed by atoms with Crippen LogP contribution in [0.25, 0.3) is 10.9 Å². The highest BCUT2D eigenvalue weighted by Crippen LogP contribution is 2.24. The number of nitrogens with zero attached hydrogens (tertiary/aromatic N) is 1. The number of esters is 1. The summed E-state index contributed by atoms with van der Waals surface area (Å²) in [5.74, 6) is -0.981. The number of carbonyl (C=O) groups excluding carboxylic acids is 2. The topological polar surface area (TPSA) is 77.5 Å². The van der Waals surface area contributed by atoms with E-state index >= 15 is 0 Å². The summed E-state index contributed by atoms with van der Waals surface area (Å²) >= 11 is 0. The number of pyridine rings is 1. The Labute approximate surface area is 169 Å². The quantitative estimate of drug-likeness (QED) is 0.614. The molecule has 0 aliphatic heterocycles. The summed E-state index contributed by atoms with van der Waals surface area (Å²) in [4.78, 5) is 29.6. The van der Waals surface area contributed by atoms with Crippen LogP contribution < -0.4 is 5.32 Å². The van der Waals surface area contributed by atoms with Crippen LogP contribution in [0.3, 0.4) is 0 Å². The van der Waals surface area contributed by atoms with E-state index in [4.69, 9.17) is 9.47 Å². The number of aryl methyl sites for hydroxylation is 2. The van der Waals surface area contributed by atoms with Gasteiger partial charge in [-0.25, -0.2) is 9.78 Å². The van der Waals surface area contributed by atoms with E-state index in [9.17, 15) is 9.59 Å². The number of hydrogen-bond donors (Lipinski definition) is 1. The lowest BCUT2D eigenvalue weighted by molar-refractivity contribution is -0.119. The van der Waals surface area contributed by atoms with E-state index in [0.29, 0.717) is 11.3 Å². The van der Waals surface area contributed by atoms with E-state index in [0.717, 1.165) is 34.1 Å². The number of methoxy groups -OCH3 is 1. The number of fused-ring (bicyclic) bond motifs is 1. The monoisotopic (exact) mass is 392 g/mol. The van der Waals surface area contributed by atoms with Gasteiger partial charge < -0.3 is 14.8 Å². The third kappa shape index (κ3) is 4.60. The van der Waals surface area contributed by atoms with Crippen LogP contribution in [0.5, 0.6) is 0 Å². The molecule has 0 spiro atoms. The first-order valence-corrected chi connectivity index (χ1v) is 9.47. The van der Waals surface area contributed by atoms with Crippen molar-refractivity contribution < 1.29 is 19.1 Å². The summed E-state index contributed by atoms with van der Waals surface area (Å²) in [6.45, 7) is 3.65. The molecule has 6 heteroatoms. The molecule has 0 fully saturated rings. The van der Waals surface area contributed by atoms with Gasteiger partial charge >= 0.3 is 5.97 Å². The largest absolute Gasteiger partial charge is 0.452 e. The summed E-state index contributed by atoms with van der Waals surface area (Å²) in [6, 6.07) is 15.1. The van der Waals surface area contributed by atoms with Crippen LogP contribution in [0.4, 0.5) is 5.69 Å². The smallest absolute Gasteiger partial charge is 0.340 e. The van der Waals surface area contributed by atoms with Crippen LogP contribution >= 0.6 is 0 Å². The second-order valence-electron chi connectivity index (χ2n) is 6.64. The van der Waals surface area contributed by atoms with Crippen LogP contribution in [0, 0.1) is 6.92 Å². The molecule has 0 aliphatic rings. The Morgan fingerprint density at radius 3 is 2.55 bits per heavy atom. The molecule has 0 unspecified atom stereocenters. The van der Waals surface area contributed by atoms with E-state index in [-0.39, 0.29) is 19.1 Å². The molecule has 1 heterocycles. The number of ether oxygens (including phenoxy) is 2. The lowest BCUT2D eigenvalue weighted by atomic mass is 10.0. The summed E-state index contributed by atoms with van der Waals surface area (Å²) in [5.41, 5.74) is 4.11. The minimum absolute atomic E-state index is 0.173. The zero-order valence-electron chi connectivity index (χ0n) is 16.8. The van der Waals surface area contributed by atoms with Crippen molar-refractivity contribution in [2.75, 3.05) is 19.0 Å². The van der Waals surface area contributed by atoms with E-state index < -0.39 is 5.97 Å². The third-order valence-electron chi connectivity index (χ3n) is 4.72. The van der Waals surface area contributed by atoms with Crippen molar-refractivity contribution in [1.29, 1.82) is 0 Å². The van der Waals surface area contributed by atoms with E-state index in [1.54, 1.807) is 7.11 Å². The fraction of sp³-hybridized carbons (Fsp3) is 0.261. The highest BCUT2D eigenvalue weighted by atomic mass is 16.5. The number of carbonyl (C=O) groups is 2. The van der Waals surface area contributed by atoms with Crippen molar-refractivity contribution in [2.24, 2.45) is 0 Å². The average Bonchev–Trinajstić information content (AvgIpc) is 2.73. The van der Waals surface area contributed by atoms with Crippen molar-refractivity contribution in [3.05, 3.63) is 70.9 Å². The molecule has 150 valence electrons. The molecule has 29 heavy (non-hydrogen) atoms. The Kier molecular flexibility index (Phi) is 6.57. The maximum atomic E-state index is 12.8. The van der Waals surface area contributed by atoms with Gasteiger partial charge in [-0.3, -0.25) is 4.79 Å². The number of para-hydroxylation sites is 2. The maximum absolute atomic E-state index is 12.8. The first-order valence-electron chi connectivity index (χ1n) is 9.47. The van der Waals surface area contributed by atoms with Gasteiger partial charge in [0, 0.05) is 18.2 Å². The third-order valence-corrected chi connectivity index (χ3v) is 4.72. The van der Waals surface area contributed by atoms with Crippen LogP contribution in [-0.2, 0) is 27.3 Å². The zero-order valence-corrected chi connectivity index (χ0v) is 16.8. The minimum Gasteiger partial charge on any atom is -0.452 e. The predicted octanol–water partition coefficient (Wildman–Crippen LogP) is 4.05. The van der Waals surface area contributed by atoms with Gasteiger partial charge in [0.15, 0.2) is 6.61 Å². The molecular weight excluding hydrogens is 368 g/mol. The van der Waals surface area contributed by atoms with Crippen molar-refractivity contribution in [3.8, 4) is 0 Å². The van der Waals surface area contributed by atoms with E-state index in [2.05, 4.69) is 10.3 Å². The van der Waals surface area contributed by atoms with Gasteiger partial charge in [-0.1, -0.05) is 43.3 Å². The number of amides is 1. The van der Waals surface area contributed by atoms with Crippen molar-refractivity contribution in [1.82, 2.24) is 4.98 Å². The second kappa shape index (κ2) is 9.30. The highest BCUT2D eigenvalue weighted by Gasteiger charge is 2.21. The zero-order chi connectivity index (χ0) is 20.8. The Balaban J connectivity index is 1.78. The van der Waals surface area contributed by atoms with Gasteiger partial charge in [0.25, 0.3) is 5.91 Å². The maximum Gasteiger partial charge on any atom is 0.340 e. The van der Waals surface area contributed by atoms with Gasteiger partial charge in [0.05, 0.1) is 23.4 Å². The second-order valence-corrected chi connectivity index (χ2v) is 6.64. The van der Waals surface area contributed by atoms with Crippen LogP contribution in [0.1, 0.15) is 34.1 Å². The van der Waals surface area contributed by atoms with Gasteiger partial charge in [-0.2, -0.15) is 0 Å². The normalized spacial score (nSPS) is 10.7. The van der Waals surface area contributed by atoms with Crippen LogP contribution in [0.2, 0.25) is 0 Å². The Morgan fingerprint density at radius 1 is 1.07 bits per heavy atom. The average molecular weight is 392 g/mol. The summed E-state index contributed by atoms with van der Waals surface area (Å²) in [6.07, 6.45) is 0.790. The van der Waals surface area contributed by atoms with Crippen LogP contribution in [-0.4, -0.2) is 30.6 Å². The summed E-state index contributed by atoms with van der Waals surface area (Å²) < 4.78 is 10.5.